The molecular formula is C24H22ClF4N3O5S2. The largest absolute Gasteiger partial charge is 0.493 e. The number of likely N-dealkylation sites (tertiary alicyclic amines) is 1. The minimum Gasteiger partial charge on any atom is -0.489 e. The van der Waals surface area contributed by atoms with E-state index in [0.717, 1.165) is 12.3 Å². The molecule has 0 radical (unpaired) electrons. The topological polar surface area (TPSA) is 89.0 Å². The van der Waals surface area contributed by atoms with E-state index in [-0.39, 0.29) is 27.4 Å². The predicted octanol–water partition coefficient (Wildman–Crippen LogP) is 5.76. The Balaban J connectivity index is 1.50. The molecule has 1 aromatic heterocycles. The second-order valence-corrected chi connectivity index (χ2v) is 11.6. The van der Waals surface area contributed by atoms with Crippen molar-refractivity contribution in [2.24, 2.45) is 0 Å². The van der Waals surface area contributed by atoms with Gasteiger partial charge >= 0.3 is 22.2 Å². The fourth-order valence-electron chi connectivity index (χ4n) is 4.01. The molecule has 1 aliphatic heterocycles. The SMILES string of the molecule is C[C@H](c1ccccc1)N1CCC(Oc2cc(F)c(S(=O)(=O)N(OC(=O)C(F)(F)F)c3nccs3)cc2Cl)CC1. The predicted molar refractivity (Wildman–Crippen MR) is 135 cm³/mol. The number of carbonyl (C=O) groups excluding carboxylic acids is 1. The summed E-state index contributed by atoms with van der Waals surface area (Å²) in [5.41, 5.74) is 1.17. The number of anilines is 1. The number of halogens is 5. The zero-order valence-corrected chi connectivity index (χ0v) is 22.7. The molecule has 0 saturated carbocycles. The second-order valence-electron chi connectivity index (χ2n) is 8.58. The number of piperidine rings is 1. The molecule has 0 unspecified atom stereocenters. The van der Waals surface area contributed by atoms with Gasteiger partial charge in [-0.3, -0.25) is 4.90 Å². The van der Waals surface area contributed by atoms with Crippen molar-refractivity contribution in [3.63, 3.8) is 0 Å². The van der Waals surface area contributed by atoms with Crippen LogP contribution in [0.1, 0.15) is 31.4 Å². The molecule has 1 aliphatic rings. The Hall–Kier alpha value is -2.94. The van der Waals surface area contributed by atoms with Gasteiger partial charge in [-0.1, -0.05) is 46.4 Å². The van der Waals surface area contributed by atoms with Gasteiger partial charge < -0.3 is 9.57 Å². The molecule has 0 N–H and O–H groups in total. The van der Waals surface area contributed by atoms with E-state index < -0.39 is 38.0 Å². The first-order chi connectivity index (χ1) is 18.4. The van der Waals surface area contributed by atoms with Crippen LogP contribution in [0.4, 0.5) is 22.7 Å². The number of aromatic nitrogens is 1. The van der Waals surface area contributed by atoms with Gasteiger partial charge in [0, 0.05) is 36.8 Å². The Labute approximate surface area is 230 Å². The molecule has 4 rings (SSSR count). The zero-order valence-electron chi connectivity index (χ0n) is 20.3. The minimum absolute atomic E-state index is 0.129. The Kier molecular flexibility index (Phi) is 8.69. The Bertz CT molecular complexity index is 1400. The maximum atomic E-state index is 15.1. The van der Waals surface area contributed by atoms with E-state index in [4.69, 9.17) is 16.3 Å². The standard InChI is InChI=1S/C24H22ClF4N3O5S2/c1-15(16-5-3-2-4-6-16)31-10-7-17(8-11-31)36-20-14-19(26)21(13-18(20)25)39(34,35)32(23-30-9-12-38-23)37-22(33)24(27,28)29/h2-6,9,12-15,17H,7-8,10-11H2,1H3/t15-/m1/s1. The van der Waals surface area contributed by atoms with Crippen molar-refractivity contribution in [2.45, 2.75) is 43.0 Å². The first-order valence-electron chi connectivity index (χ1n) is 11.6. The van der Waals surface area contributed by atoms with Crippen LogP contribution in [0.5, 0.6) is 5.75 Å². The Morgan fingerprint density at radius 2 is 1.87 bits per heavy atom. The number of rotatable bonds is 8. The highest BCUT2D eigenvalue weighted by molar-refractivity contribution is 7.92. The molecule has 0 amide bonds. The van der Waals surface area contributed by atoms with Crippen molar-refractivity contribution in [1.82, 2.24) is 9.88 Å². The molecule has 1 fully saturated rings. The van der Waals surface area contributed by atoms with Crippen LogP contribution in [-0.2, 0) is 19.7 Å². The second kappa shape index (κ2) is 11.7. The summed E-state index contributed by atoms with van der Waals surface area (Å²) in [7, 11) is -5.21. The molecule has 15 heteroatoms. The van der Waals surface area contributed by atoms with Gasteiger partial charge in [0.05, 0.1) is 5.02 Å². The lowest BCUT2D eigenvalue weighted by Crippen LogP contribution is -2.39. The van der Waals surface area contributed by atoms with Crippen molar-refractivity contribution in [2.75, 3.05) is 17.6 Å². The number of sulfonamides is 1. The Morgan fingerprint density at radius 1 is 1.21 bits per heavy atom. The minimum atomic E-state index is -5.52. The number of thiazole rings is 1. The highest BCUT2D eigenvalue weighted by atomic mass is 35.5. The van der Waals surface area contributed by atoms with Crippen LogP contribution in [0.15, 0.2) is 58.9 Å². The lowest BCUT2D eigenvalue weighted by atomic mass is 10.0. The van der Waals surface area contributed by atoms with Crippen LogP contribution in [0.3, 0.4) is 0 Å². The molecule has 1 atom stereocenters. The van der Waals surface area contributed by atoms with Crippen molar-refractivity contribution in [3.05, 3.63) is 70.4 Å². The van der Waals surface area contributed by atoms with E-state index in [2.05, 4.69) is 21.6 Å². The van der Waals surface area contributed by atoms with E-state index in [1.807, 2.05) is 30.3 Å². The Morgan fingerprint density at radius 3 is 2.46 bits per heavy atom. The smallest absolute Gasteiger partial charge is 0.489 e. The van der Waals surface area contributed by atoms with Gasteiger partial charge in [0.15, 0.2) is 0 Å². The van der Waals surface area contributed by atoms with Gasteiger partial charge in [-0.25, -0.2) is 14.2 Å². The third kappa shape index (κ3) is 6.62. The normalized spacial score (nSPS) is 16.1. The van der Waals surface area contributed by atoms with Gasteiger partial charge in [0.2, 0.25) is 5.13 Å². The molecular weight excluding hydrogens is 586 g/mol. The zero-order chi connectivity index (χ0) is 28.4. The van der Waals surface area contributed by atoms with Gasteiger partial charge in [-0.15, -0.1) is 11.3 Å². The number of ether oxygens (including phenoxy) is 1. The van der Waals surface area contributed by atoms with E-state index in [0.29, 0.717) is 43.3 Å². The first-order valence-corrected chi connectivity index (χ1v) is 14.3. The fourth-order valence-corrected chi connectivity index (χ4v) is 6.37. The highest BCUT2D eigenvalue weighted by Gasteiger charge is 2.46. The quantitative estimate of drug-likeness (QED) is 0.238. The van der Waals surface area contributed by atoms with Crippen LogP contribution in [0.2, 0.25) is 5.02 Å². The molecule has 0 bridgehead atoms. The first kappa shape index (κ1) is 29.1. The molecule has 210 valence electrons. The molecule has 0 spiro atoms. The summed E-state index contributed by atoms with van der Waals surface area (Å²) in [6.45, 7) is 3.49. The third-order valence-electron chi connectivity index (χ3n) is 6.06. The molecule has 3 aromatic rings. The molecule has 39 heavy (non-hydrogen) atoms. The van der Waals surface area contributed by atoms with E-state index in [9.17, 15) is 26.4 Å². The van der Waals surface area contributed by atoms with Gasteiger partial charge in [-0.2, -0.15) is 21.6 Å². The van der Waals surface area contributed by atoms with Crippen LogP contribution in [0, 0.1) is 5.82 Å². The fraction of sp³-hybridized carbons (Fsp3) is 0.333. The lowest BCUT2D eigenvalue weighted by Gasteiger charge is -2.36. The summed E-state index contributed by atoms with van der Waals surface area (Å²) in [5, 5.41) is 0.280. The number of carbonyl (C=O) groups is 1. The van der Waals surface area contributed by atoms with Crippen LogP contribution < -0.4 is 9.21 Å². The van der Waals surface area contributed by atoms with Crippen LogP contribution in [-0.4, -0.2) is 49.6 Å². The average molecular weight is 608 g/mol. The maximum Gasteiger partial charge on any atom is 0.493 e. The summed E-state index contributed by atoms with van der Waals surface area (Å²) >= 11 is 6.76. The number of hydrogen-bond donors (Lipinski definition) is 0. The molecule has 2 aromatic carbocycles. The van der Waals surface area contributed by atoms with Crippen molar-refractivity contribution < 1.29 is 40.3 Å². The summed E-state index contributed by atoms with van der Waals surface area (Å²) < 4.78 is 85.1. The third-order valence-corrected chi connectivity index (χ3v) is 8.76. The molecule has 2 heterocycles. The van der Waals surface area contributed by atoms with Gasteiger partial charge in [0.1, 0.15) is 22.6 Å². The number of alkyl halides is 3. The highest BCUT2D eigenvalue weighted by Crippen LogP contribution is 2.36. The molecule has 1 saturated heterocycles. The maximum absolute atomic E-state index is 15.1. The molecule has 0 aliphatic carbocycles. The van der Waals surface area contributed by atoms with E-state index in [1.54, 1.807) is 0 Å². The summed E-state index contributed by atoms with van der Waals surface area (Å²) in [6.07, 6.45) is -3.59. The van der Waals surface area contributed by atoms with Crippen molar-refractivity contribution >= 4 is 44.1 Å². The monoisotopic (exact) mass is 607 g/mol. The summed E-state index contributed by atoms with van der Waals surface area (Å²) in [6, 6.07) is 11.6. The number of nitrogens with zero attached hydrogens (tertiary/aromatic N) is 3. The van der Waals surface area contributed by atoms with Gasteiger partial charge in [0.25, 0.3) is 0 Å². The van der Waals surface area contributed by atoms with Crippen molar-refractivity contribution in [3.8, 4) is 5.75 Å². The summed E-state index contributed by atoms with van der Waals surface area (Å²) in [5.74, 6) is -4.33. The van der Waals surface area contributed by atoms with Gasteiger partial charge in [-0.05, 0) is 31.4 Å². The number of benzene rings is 2. The number of hydrogen-bond acceptors (Lipinski definition) is 8. The van der Waals surface area contributed by atoms with E-state index >= 15 is 4.39 Å². The van der Waals surface area contributed by atoms with E-state index in [1.165, 1.54) is 10.9 Å². The van der Waals surface area contributed by atoms with Crippen molar-refractivity contribution in [1.29, 1.82) is 0 Å². The van der Waals surface area contributed by atoms with Crippen LogP contribution in [0.25, 0.3) is 0 Å². The van der Waals surface area contributed by atoms with Crippen LogP contribution >= 0.6 is 22.9 Å². The average Bonchev–Trinajstić information content (AvgIpc) is 3.43. The lowest BCUT2D eigenvalue weighted by molar-refractivity contribution is -0.199. The summed E-state index contributed by atoms with van der Waals surface area (Å²) in [4.78, 5) is 20.2. The molecule has 8 nitrogen and oxygen atoms in total.